The van der Waals surface area contributed by atoms with Crippen molar-refractivity contribution in [3.8, 4) is 0 Å². The average molecular weight is 298 g/mol. The molecule has 0 aromatic carbocycles. The van der Waals surface area contributed by atoms with Gasteiger partial charge >= 0.3 is 5.69 Å². The van der Waals surface area contributed by atoms with Gasteiger partial charge in [0.15, 0.2) is 0 Å². The van der Waals surface area contributed by atoms with Crippen molar-refractivity contribution in [2.24, 2.45) is 0 Å². The summed E-state index contributed by atoms with van der Waals surface area (Å²) in [6, 6.07) is 0. The second kappa shape index (κ2) is 4.75. The zero-order valence-corrected chi connectivity index (χ0v) is 12.0. The van der Waals surface area contributed by atoms with Crippen molar-refractivity contribution in [1.29, 1.82) is 0 Å². The van der Waals surface area contributed by atoms with Crippen molar-refractivity contribution < 1.29 is 10.2 Å². The van der Waals surface area contributed by atoms with Gasteiger partial charge in [-0.05, 0) is 26.2 Å². The smallest absolute Gasteiger partial charge is 0.329 e. The number of aryl methyl sites for hydroxylation is 1. The Morgan fingerprint density at radius 3 is 2.80 bits per heavy atom. The van der Waals surface area contributed by atoms with Crippen LogP contribution in [0.25, 0.3) is 0 Å². The third-order valence-electron chi connectivity index (χ3n) is 4.41. The molecule has 0 unspecified atom stereocenters. The predicted octanol–water partition coefficient (Wildman–Crippen LogP) is 0.125. The van der Waals surface area contributed by atoms with Crippen molar-refractivity contribution in [1.82, 2.24) is 9.55 Å². The molecule has 6 nitrogen and oxygen atoms in total. The van der Waals surface area contributed by atoms with Crippen molar-refractivity contribution >= 4 is 11.8 Å². The molecule has 1 saturated heterocycles. The number of rotatable bonds is 1. The average Bonchev–Trinajstić information content (AvgIpc) is 2.91. The molecule has 0 bridgehead atoms. The number of aliphatic hydroxyl groups excluding tert-OH is 2. The summed E-state index contributed by atoms with van der Waals surface area (Å²) in [6.45, 7) is 1.64. The molecule has 2 fully saturated rings. The first-order valence-electron chi connectivity index (χ1n) is 6.80. The Balaban J connectivity index is 1.96. The van der Waals surface area contributed by atoms with Crippen LogP contribution in [-0.4, -0.2) is 36.7 Å². The van der Waals surface area contributed by atoms with Crippen LogP contribution in [0.4, 0.5) is 0 Å². The lowest BCUT2D eigenvalue weighted by molar-refractivity contribution is 0.0558. The number of thioether (sulfide) groups is 1. The number of hydrogen-bond acceptors (Lipinski definition) is 5. The highest BCUT2D eigenvalue weighted by Crippen LogP contribution is 2.56. The Labute approximate surface area is 119 Å². The lowest BCUT2D eigenvalue weighted by Crippen LogP contribution is -2.41. The predicted molar refractivity (Wildman–Crippen MR) is 75.9 cm³/mol. The summed E-state index contributed by atoms with van der Waals surface area (Å²) in [6.07, 6.45) is 3.11. The van der Waals surface area contributed by atoms with Crippen molar-refractivity contribution in [3.63, 3.8) is 0 Å². The van der Waals surface area contributed by atoms with Crippen LogP contribution in [0.5, 0.6) is 0 Å². The van der Waals surface area contributed by atoms with Crippen molar-refractivity contribution in [2.75, 3.05) is 0 Å². The zero-order chi connectivity index (χ0) is 14.5. The van der Waals surface area contributed by atoms with E-state index in [0.717, 1.165) is 12.8 Å². The van der Waals surface area contributed by atoms with Gasteiger partial charge in [-0.1, -0.05) is 0 Å². The summed E-state index contributed by atoms with van der Waals surface area (Å²) in [5, 5.41) is 20.2. The lowest BCUT2D eigenvalue weighted by Gasteiger charge is -2.30. The summed E-state index contributed by atoms with van der Waals surface area (Å²) < 4.78 is 0.901. The normalized spacial score (nSPS) is 36.9. The molecular formula is C13H18N2O4S. The van der Waals surface area contributed by atoms with Gasteiger partial charge in [0.05, 0.1) is 22.3 Å². The van der Waals surface area contributed by atoms with E-state index in [-0.39, 0.29) is 10.9 Å². The number of H-pyrrole nitrogens is 1. The van der Waals surface area contributed by atoms with Crippen LogP contribution in [0, 0.1) is 6.92 Å². The van der Waals surface area contributed by atoms with Crippen LogP contribution >= 0.6 is 11.8 Å². The van der Waals surface area contributed by atoms with Gasteiger partial charge in [-0.25, -0.2) is 4.79 Å². The largest absolute Gasteiger partial charge is 0.392 e. The fourth-order valence-electron chi connectivity index (χ4n) is 3.25. The third kappa shape index (κ3) is 1.96. The Hall–Kier alpha value is -1.05. The van der Waals surface area contributed by atoms with E-state index in [1.807, 2.05) is 0 Å². The van der Waals surface area contributed by atoms with Crippen LogP contribution in [0.15, 0.2) is 15.8 Å². The minimum Gasteiger partial charge on any atom is -0.392 e. The van der Waals surface area contributed by atoms with Gasteiger partial charge in [0.1, 0.15) is 0 Å². The molecule has 1 spiro atoms. The fraction of sp³-hybridized carbons (Fsp3) is 0.692. The summed E-state index contributed by atoms with van der Waals surface area (Å²) in [4.78, 5) is 25.6. The first-order valence-corrected chi connectivity index (χ1v) is 7.68. The van der Waals surface area contributed by atoms with Crippen LogP contribution in [0.3, 0.4) is 0 Å². The van der Waals surface area contributed by atoms with Crippen LogP contribution < -0.4 is 11.2 Å². The first-order chi connectivity index (χ1) is 9.44. The molecule has 3 N–H and O–H groups in total. The van der Waals surface area contributed by atoms with E-state index in [9.17, 15) is 19.8 Å². The molecule has 1 aliphatic carbocycles. The Bertz CT molecular complexity index is 640. The second-order valence-electron chi connectivity index (χ2n) is 5.67. The molecular weight excluding hydrogens is 280 g/mol. The van der Waals surface area contributed by atoms with E-state index in [4.69, 9.17) is 0 Å². The highest BCUT2D eigenvalue weighted by atomic mass is 32.2. The van der Waals surface area contributed by atoms with Crippen molar-refractivity contribution in [2.45, 2.75) is 54.9 Å². The number of aliphatic hydroxyl groups is 2. The molecule has 4 atom stereocenters. The third-order valence-corrected chi connectivity index (χ3v) is 6.29. The van der Waals surface area contributed by atoms with Gasteiger partial charge in [-0.2, -0.15) is 0 Å². The van der Waals surface area contributed by atoms with E-state index in [0.29, 0.717) is 18.4 Å². The molecule has 1 aromatic rings. The van der Waals surface area contributed by atoms with Crippen molar-refractivity contribution in [3.05, 3.63) is 32.6 Å². The maximum Gasteiger partial charge on any atom is 0.329 e. The number of nitrogens with zero attached hydrogens (tertiary/aromatic N) is 1. The molecule has 20 heavy (non-hydrogen) atoms. The first kappa shape index (κ1) is 13.9. The summed E-state index contributed by atoms with van der Waals surface area (Å²) >= 11 is 1.46. The maximum atomic E-state index is 11.9. The topological polar surface area (TPSA) is 95.3 Å². The second-order valence-corrected chi connectivity index (χ2v) is 7.21. The van der Waals surface area contributed by atoms with Crippen LogP contribution in [-0.2, 0) is 0 Å². The van der Waals surface area contributed by atoms with Crippen LogP contribution in [0.2, 0.25) is 0 Å². The highest BCUT2D eigenvalue weighted by molar-refractivity contribution is 8.01. The molecule has 0 radical (unpaired) electrons. The molecule has 1 saturated carbocycles. The SMILES string of the molecule is Cc1cn([C@H]2C[C@H](O)[C@@]3(CCC[C@H]3O)S2)c(=O)[nH]c1=O. The number of nitrogens with one attached hydrogen (secondary N) is 1. The monoisotopic (exact) mass is 298 g/mol. The highest BCUT2D eigenvalue weighted by Gasteiger charge is 2.55. The number of aromatic amines is 1. The van der Waals surface area contributed by atoms with E-state index in [1.165, 1.54) is 22.5 Å². The van der Waals surface area contributed by atoms with Gasteiger partial charge in [-0.15, -0.1) is 11.8 Å². The lowest BCUT2D eigenvalue weighted by atomic mass is 9.95. The van der Waals surface area contributed by atoms with Crippen LogP contribution in [0.1, 0.15) is 36.6 Å². The fourth-order valence-corrected chi connectivity index (χ4v) is 5.10. The number of aromatic nitrogens is 2. The zero-order valence-electron chi connectivity index (χ0n) is 11.2. The van der Waals surface area contributed by atoms with Gasteiger partial charge in [0.2, 0.25) is 0 Å². The standard InChI is InChI=1S/C13H18N2O4S/c1-7-6-15(12(19)14-11(7)18)10-5-9(17)13(20-10)4-2-3-8(13)16/h6,8-10,16-17H,2-5H2,1H3,(H,14,18,19)/t8-,9+,10-,13+/m1/s1. The maximum absolute atomic E-state index is 11.9. The molecule has 7 heteroatoms. The number of hydrogen-bond donors (Lipinski definition) is 3. The minimum atomic E-state index is -0.630. The molecule has 0 amide bonds. The Morgan fingerprint density at radius 1 is 1.40 bits per heavy atom. The molecule has 110 valence electrons. The summed E-state index contributed by atoms with van der Waals surface area (Å²) in [5.41, 5.74) is -0.382. The molecule has 1 aromatic heterocycles. The van der Waals surface area contributed by atoms with Gasteiger partial charge in [-0.3, -0.25) is 14.3 Å². The molecule has 2 aliphatic rings. The molecule has 2 heterocycles. The van der Waals surface area contributed by atoms with Gasteiger partial charge < -0.3 is 10.2 Å². The van der Waals surface area contributed by atoms with Gasteiger partial charge in [0, 0.05) is 18.2 Å². The van der Waals surface area contributed by atoms with E-state index in [2.05, 4.69) is 4.98 Å². The van der Waals surface area contributed by atoms with Gasteiger partial charge in [0.25, 0.3) is 5.56 Å². The van der Waals surface area contributed by atoms with E-state index < -0.39 is 22.6 Å². The molecule has 3 rings (SSSR count). The quantitative estimate of drug-likeness (QED) is 0.685. The summed E-state index contributed by atoms with van der Waals surface area (Å²) in [7, 11) is 0. The van der Waals surface area contributed by atoms with E-state index in [1.54, 1.807) is 6.92 Å². The molecule has 1 aliphatic heterocycles. The van der Waals surface area contributed by atoms with E-state index >= 15 is 0 Å². The Morgan fingerprint density at radius 2 is 2.15 bits per heavy atom. The summed E-state index contributed by atoms with van der Waals surface area (Å²) in [5.74, 6) is 0. The Kier molecular flexibility index (Phi) is 3.30. The minimum absolute atomic E-state index is 0.249.